The Morgan fingerprint density at radius 2 is 2.20 bits per heavy atom. The number of aliphatic imine (C=N–C) groups is 1. The molecule has 0 aliphatic carbocycles. The second kappa shape index (κ2) is 10.1. The largest absolute Gasteiger partial charge is 0.469 e. The maximum Gasteiger partial charge on any atom is 0.220 e. The highest BCUT2D eigenvalue weighted by Crippen LogP contribution is 2.20. The van der Waals surface area contributed by atoms with E-state index < -0.39 is 0 Å². The summed E-state index contributed by atoms with van der Waals surface area (Å²) in [6.07, 6.45) is 6.28. The van der Waals surface area contributed by atoms with Crippen LogP contribution >= 0.6 is 0 Å². The van der Waals surface area contributed by atoms with E-state index in [4.69, 9.17) is 9.41 Å². The van der Waals surface area contributed by atoms with E-state index in [1.54, 1.807) is 13.3 Å². The third kappa shape index (κ3) is 6.44. The zero-order valence-corrected chi connectivity index (χ0v) is 15.8. The molecule has 0 saturated carbocycles. The second-order valence-corrected chi connectivity index (χ2v) is 6.80. The highest BCUT2D eigenvalue weighted by atomic mass is 16.3. The van der Waals surface area contributed by atoms with Crippen molar-refractivity contribution in [1.82, 2.24) is 15.5 Å². The van der Waals surface area contributed by atoms with Crippen LogP contribution in [0.4, 0.5) is 0 Å². The highest BCUT2D eigenvalue weighted by Gasteiger charge is 2.23. The Labute approximate surface area is 151 Å². The smallest absolute Gasteiger partial charge is 0.220 e. The molecule has 1 fully saturated rings. The van der Waals surface area contributed by atoms with Gasteiger partial charge >= 0.3 is 0 Å². The summed E-state index contributed by atoms with van der Waals surface area (Å²) >= 11 is 0. The van der Waals surface area contributed by atoms with Gasteiger partial charge in [0.1, 0.15) is 5.76 Å². The number of nitrogens with one attached hydrogen (secondary N) is 2. The van der Waals surface area contributed by atoms with Crippen molar-refractivity contribution in [2.45, 2.75) is 52.0 Å². The summed E-state index contributed by atoms with van der Waals surface area (Å²) in [7, 11) is 1.71. The van der Waals surface area contributed by atoms with E-state index in [0.717, 1.165) is 50.5 Å². The Morgan fingerprint density at radius 1 is 1.44 bits per heavy atom. The number of piperidine rings is 1. The Hall–Kier alpha value is -1.98. The molecular weight excluding hydrogens is 316 g/mol. The molecule has 1 aromatic rings. The van der Waals surface area contributed by atoms with Crippen molar-refractivity contribution in [3.05, 3.63) is 24.2 Å². The first kappa shape index (κ1) is 19.3. The molecule has 2 heterocycles. The molecule has 6 nitrogen and oxygen atoms in total. The fourth-order valence-corrected chi connectivity index (χ4v) is 3.00. The average molecular weight is 348 g/mol. The lowest BCUT2D eigenvalue weighted by atomic mass is 9.93. The molecule has 1 aliphatic heterocycles. The van der Waals surface area contributed by atoms with Gasteiger partial charge in [-0.05, 0) is 44.2 Å². The lowest BCUT2D eigenvalue weighted by Crippen LogP contribution is -2.48. The predicted octanol–water partition coefficient (Wildman–Crippen LogP) is 2.41. The third-order valence-electron chi connectivity index (χ3n) is 4.85. The quantitative estimate of drug-likeness (QED) is 0.586. The summed E-state index contributed by atoms with van der Waals surface area (Å²) in [5, 5.41) is 6.27. The molecule has 1 saturated heterocycles. The highest BCUT2D eigenvalue weighted by molar-refractivity contribution is 5.80. The Morgan fingerprint density at radius 3 is 2.80 bits per heavy atom. The van der Waals surface area contributed by atoms with Crippen molar-refractivity contribution >= 4 is 11.9 Å². The molecule has 1 aromatic heterocycles. The molecular formula is C19H32N4O2. The van der Waals surface area contributed by atoms with Gasteiger partial charge in [0.15, 0.2) is 5.96 Å². The van der Waals surface area contributed by atoms with Gasteiger partial charge in [0.2, 0.25) is 5.91 Å². The first-order valence-corrected chi connectivity index (χ1v) is 9.41. The zero-order valence-electron chi connectivity index (χ0n) is 15.8. The molecule has 25 heavy (non-hydrogen) atoms. The van der Waals surface area contributed by atoms with Crippen LogP contribution in [0.3, 0.4) is 0 Å². The van der Waals surface area contributed by atoms with Gasteiger partial charge in [0, 0.05) is 45.6 Å². The van der Waals surface area contributed by atoms with Crippen molar-refractivity contribution in [2.75, 3.05) is 26.7 Å². The van der Waals surface area contributed by atoms with Crippen molar-refractivity contribution in [1.29, 1.82) is 0 Å². The molecule has 0 radical (unpaired) electrons. The lowest BCUT2D eigenvalue weighted by molar-refractivity contribution is -0.121. The molecule has 2 N–H and O–H groups in total. The van der Waals surface area contributed by atoms with Crippen LogP contribution in [0.15, 0.2) is 27.8 Å². The van der Waals surface area contributed by atoms with Crippen molar-refractivity contribution in [3.8, 4) is 0 Å². The molecule has 0 spiro atoms. The number of hydrogen-bond acceptors (Lipinski definition) is 3. The van der Waals surface area contributed by atoms with Crippen LogP contribution in [0, 0.1) is 5.92 Å². The van der Waals surface area contributed by atoms with Gasteiger partial charge in [-0.3, -0.25) is 9.79 Å². The van der Waals surface area contributed by atoms with Crippen LogP contribution < -0.4 is 10.6 Å². The lowest BCUT2D eigenvalue weighted by Gasteiger charge is -2.35. The van der Waals surface area contributed by atoms with Gasteiger partial charge in [-0.15, -0.1) is 0 Å². The Kier molecular flexibility index (Phi) is 7.82. The number of furan rings is 1. The normalized spacial score (nSPS) is 17.4. The maximum atomic E-state index is 11.6. The predicted molar refractivity (Wildman–Crippen MR) is 101 cm³/mol. The molecule has 6 heteroatoms. The molecule has 0 aromatic carbocycles. The van der Waals surface area contributed by atoms with Gasteiger partial charge < -0.3 is 20.0 Å². The van der Waals surface area contributed by atoms with E-state index >= 15 is 0 Å². The van der Waals surface area contributed by atoms with E-state index in [9.17, 15) is 4.79 Å². The number of rotatable bonds is 7. The number of amides is 1. The molecule has 140 valence electrons. The third-order valence-corrected chi connectivity index (χ3v) is 4.85. The van der Waals surface area contributed by atoms with Gasteiger partial charge in [-0.25, -0.2) is 0 Å². The fourth-order valence-electron chi connectivity index (χ4n) is 3.00. The van der Waals surface area contributed by atoms with Crippen LogP contribution in [0.5, 0.6) is 0 Å². The first-order valence-electron chi connectivity index (χ1n) is 9.41. The van der Waals surface area contributed by atoms with E-state index in [2.05, 4.69) is 29.4 Å². The van der Waals surface area contributed by atoms with E-state index in [-0.39, 0.29) is 5.91 Å². The Bertz CT molecular complexity index is 534. The fraction of sp³-hybridized carbons (Fsp3) is 0.684. The SMILES string of the molecule is CCC(C)NC(=NCCc1ccco1)N1CCC(CC(=O)NC)CC1. The van der Waals surface area contributed by atoms with Crippen molar-refractivity contribution in [2.24, 2.45) is 10.9 Å². The molecule has 1 atom stereocenters. The standard InChI is InChI=1S/C19H32N4O2/c1-4-15(2)22-19(21-10-7-17-6-5-13-25-17)23-11-8-16(9-12-23)14-18(24)20-3/h5-6,13,15-16H,4,7-12,14H2,1-3H3,(H,20,24)(H,21,22). The minimum atomic E-state index is 0.142. The number of carbonyl (C=O) groups excluding carboxylic acids is 1. The van der Waals surface area contributed by atoms with E-state index in [0.29, 0.717) is 24.9 Å². The summed E-state index contributed by atoms with van der Waals surface area (Å²) in [5.74, 6) is 2.57. The summed E-state index contributed by atoms with van der Waals surface area (Å²) in [6, 6.07) is 4.29. The summed E-state index contributed by atoms with van der Waals surface area (Å²) in [6.45, 7) is 6.97. The minimum Gasteiger partial charge on any atom is -0.469 e. The molecule has 1 aliphatic rings. The maximum absolute atomic E-state index is 11.6. The zero-order chi connectivity index (χ0) is 18.1. The first-order chi connectivity index (χ1) is 12.1. The van der Waals surface area contributed by atoms with E-state index in [1.807, 2.05) is 12.1 Å². The van der Waals surface area contributed by atoms with Gasteiger partial charge in [-0.1, -0.05) is 6.92 Å². The van der Waals surface area contributed by atoms with Gasteiger partial charge in [0.05, 0.1) is 6.26 Å². The average Bonchev–Trinajstić information content (AvgIpc) is 3.14. The van der Waals surface area contributed by atoms with Gasteiger partial charge in [0.25, 0.3) is 0 Å². The second-order valence-electron chi connectivity index (χ2n) is 6.80. The van der Waals surface area contributed by atoms with Crippen molar-refractivity contribution in [3.63, 3.8) is 0 Å². The van der Waals surface area contributed by atoms with Crippen LogP contribution in [-0.4, -0.2) is 49.5 Å². The van der Waals surface area contributed by atoms with Gasteiger partial charge in [-0.2, -0.15) is 0 Å². The summed E-state index contributed by atoms with van der Waals surface area (Å²) < 4.78 is 5.38. The summed E-state index contributed by atoms with van der Waals surface area (Å²) in [5.41, 5.74) is 0. The number of hydrogen-bond donors (Lipinski definition) is 2. The minimum absolute atomic E-state index is 0.142. The van der Waals surface area contributed by atoms with Crippen LogP contribution in [0.2, 0.25) is 0 Å². The molecule has 1 unspecified atom stereocenters. The number of guanidine groups is 1. The molecule has 0 bridgehead atoms. The number of carbonyl (C=O) groups is 1. The topological polar surface area (TPSA) is 69.9 Å². The Balaban J connectivity index is 1.90. The number of nitrogens with zero attached hydrogens (tertiary/aromatic N) is 2. The van der Waals surface area contributed by atoms with Crippen LogP contribution in [-0.2, 0) is 11.2 Å². The van der Waals surface area contributed by atoms with E-state index in [1.165, 1.54) is 0 Å². The summed E-state index contributed by atoms with van der Waals surface area (Å²) in [4.78, 5) is 18.7. The van der Waals surface area contributed by atoms with Crippen LogP contribution in [0.1, 0.15) is 45.3 Å². The number of likely N-dealkylation sites (tertiary alicyclic amines) is 1. The van der Waals surface area contributed by atoms with Crippen LogP contribution in [0.25, 0.3) is 0 Å². The monoisotopic (exact) mass is 348 g/mol. The molecule has 1 amide bonds. The van der Waals surface area contributed by atoms with Crippen molar-refractivity contribution < 1.29 is 9.21 Å². The molecule has 2 rings (SSSR count).